The van der Waals surface area contributed by atoms with Gasteiger partial charge in [-0.3, -0.25) is 0 Å². The Morgan fingerprint density at radius 2 is 1.83 bits per heavy atom. The second-order valence-electron chi connectivity index (χ2n) is 3.97. The largest absolute Gasteiger partial charge is 0.486 e. The van der Waals surface area contributed by atoms with Crippen molar-refractivity contribution < 1.29 is 9.15 Å². The maximum Gasteiger partial charge on any atom is 0.146 e. The fraction of sp³-hybridized carbons (Fsp3) is 0.0667. The third-order valence-electron chi connectivity index (χ3n) is 2.68. The number of halogens is 1. The van der Waals surface area contributed by atoms with Crippen molar-refractivity contribution in [3.05, 3.63) is 64.8 Å². The van der Waals surface area contributed by atoms with Gasteiger partial charge in [0.2, 0.25) is 0 Å². The summed E-state index contributed by atoms with van der Waals surface area (Å²) in [4.78, 5) is 0. The van der Waals surface area contributed by atoms with Crippen LogP contribution in [0.2, 0.25) is 0 Å². The topological polar surface area (TPSA) is 22.4 Å². The highest BCUT2D eigenvalue weighted by atomic mass is 79.9. The number of furan rings is 1. The molecule has 0 atom stereocenters. The van der Waals surface area contributed by atoms with Crippen LogP contribution in [0.4, 0.5) is 0 Å². The van der Waals surface area contributed by atoms with Crippen LogP contribution >= 0.6 is 15.9 Å². The van der Waals surface area contributed by atoms with Gasteiger partial charge in [0.15, 0.2) is 0 Å². The van der Waals surface area contributed by atoms with Crippen LogP contribution in [0, 0.1) is 0 Å². The van der Waals surface area contributed by atoms with Crippen LogP contribution in [0.15, 0.2) is 63.5 Å². The van der Waals surface area contributed by atoms with Crippen LogP contribution < -0.4 is 4.74 Å². The van der Waals surface area contributed by atoms with E-state index in [2.05, 4.69) is 15.9 Å². The molecule has 0 N–H and O–H groups in total. The maximum absolute atomic E-state index is 5.72. The van der Waals surface area contributed by atoms with Crippen LogP contribution in [-0.2, 0) is 6.61 Å². The van der Waals surface area contributed by atoms with E-state index in [0.29, 0.717) is 6.61 Å². The van der Waals surface area contributed by atoms with Crippen molar-refractivity contribution in [3.63, 3.8) is 0 Å². The van der Waals surface area contributed by atoms with E-state index in [1.54, 1.807) is 0 Å². The zero-order valence-electron chi connectivity index (χ0n) is 9.60. The second-order valence-corrected chi connectivity index (χ2v) is 4.82. The summed E-state index contributed by atoms with van der Waals surface area (Å²) in [7, 11) is 0. The van der Waals surface area contributed by atoms with Crippen molar-refractivity contribution >= 4 is 26.9 Å². The normalized spacial score (nSPS) is 10.7. The molecule has 3 aromatic rings. The second kappa shape index (κ2) is 4.86. The summed E-state index contributed by atoms with van der Waals surface area (Å²) in [6.07, 6.45) is 0. The molecule has 90 valence electrons. The molecule has 0 spiro atoms. The molecular weight excluding hydrogens is 292 g/mol. The summed E-state index contributed by atoms with van der Waals surface area (Å²) < 4.78 is 12.4. The third kappa shape index (κ3) is 2.27. The quantitative estimate of drug-likeness (QED) is 0.695. The third-order valence-corrected chi connectivity index (χ3v) is 3.38. The number of hydrogen-bond acceptors (Lipinski definition) is 2. The maximum atomic E-state index is 5.72. The molecule has 2 aromatic carbocycles. The van der Waals surface area contributed by atoms with Gasteiger partial charge in [-0.25, -0.2) is 0 Å². The monoisotopic (exact) mass is 302 g/mol. The first-order valence-electron chi connectivity index (χ1n) is 5.68. The molecular formula is C15H11BrO2. The van der Waals surface area contributed by atoms with Crippen molar-refractivity contribution in [2.75, 3.05) is 0 Å². The number of rotatable bonds is 3. The molecule has 0 radical (unpaired) electrons. The Morgan fingerprint density at radius 3 is 2.61 bits per heavy atom. The van der Waals surface area contributed by atoms with Crippen LogP contribution in [0.3, 0.4) is 0 Å². The predicted molar refractivity (Wildman–Crippen MR) is 74.7 cm³/mol. The zero-order valence-corrected chi connectivity index (χ0v) is 11.2. The molecule has 3 heteroatoms. The van der Waals surface area contributed by atoms with E-state index < -0.39 is 0 Å². The summed E-state index contributed by atoms with van der Waals surface area (Å²) in [5, 5.41) is 1.07. The summed E-state index contributed by atoms with van der Waals surface area (Å²) in [6, 6.07) is 17.6. The molecule has 2 nitrogen and oxygen atoms in total. The molecule has 0 aliphatic rings. The minimum absolute atomic E-state index is 0.436. The molecule has 0 unspecified atom stereocenters. The van der Waals surface area contributed by atoms with Crippen molar-refractivity contribution in [1.29, 1.82) is 0 Å². The molecule has 0 bridgehead atoms. The SMILES string of the molecule is Brc1cccc2oc(COc3ccccc3)cc12. The minimum atomic E-state index is 0.436. The Hall–Kier alpha value is -1.74. The summed E-state index contributed by atoms with van der Waals surface area (Å²) >= 11 is 3.51. The predicted octanol–water partition coefficient (Wildman–Crippen LogP) is 4.77. The molecule has 0 amide bonds. The minimum Gasteiger partial charge on any atom is -0.486 e. The number of fused-ring (bicyclic) bond motifs is 1. The van der Waals surface area contributed by atoms with Gasteiger partial charge in [-0.2, -0.15) is 0 Å². The van der Waals surface area contributed by atoms with E-state index in [1.165, 1.54) is 0 Å². The molecule has 3 rings (SSSR count). The Balaban J connectivity index is 1.81. The van der Waals surface area contributed by atoms with E-state index in [-0.39, 0.29) is 0 Å². The zero-order chi connectivity index (χ0) is 12.4. The fourth-order valence-electron chi connectivity index (χ4n) is 1.82. The van der Waals surface area contributed by atoms with Crippen LogP contribution in [-0.4, -0.2) is 0 Å². The van der Waals surface area contributed by atoms with Gasteiger partial charge >= 0.3 is 0 Å². The molecule has 0 saturated carbocycles. The molecule has 18 heavy (non-hydrogen) atoms. The average Bonchev–Trinajstić information content (AvgIpc) is 2.82. The lowest BCUT2D eigenvalue weighted by atomic mass is 10.2. The van der Waals surface area contributed by atoms with Gasteiger partial charge < -0.3 is 9.15 Å². The first-order valence-corrected chi connectivity index (χ1v) is 6.47. The molecule has 0 aliphatic carbocycles. The summed E-state index contributed by atoms with van der Waals surface area (Å²) in [5.74, 6) is 1.66. The van der Waals surface area contributed by atoms with Gasteiger partial charge in [0.25, 0.3) is 0 Å². The smallest absolute Gasteiger partial charge is 0.146 e. The average molecular weight is 303 g/mol. The van der Waals surface area contributed by atoms with Gasteiger partial charge in [-0.15, -0.1) is 0 Å². The Labute approximate surface area is 113 Å². The first-order chi connectivity index (χ1) is 8.83. The summed E-state index contributed by atoms with van der Waals surface area (Å²) in [5.41, 5.74) is 0.871. The van der Waals surface area contributed by atoms with Crippen LogP contribution in [0.1, 0.15) is 5.76 Å². The first kappa shape index (κ1) is 11.4. The van der Waals surface area contributed by atoms with Gasteiger partial charge in [0.05, 0.1) is 0 Å². The molecule has 0 aliphatic heterocycles. The Bertz CT molecular complexity index is 659. The lowest BCUT2D eigenvalue weighted by Gasteiger charge is -2.02. The van der Waals surface area contributed by atoms with Crippen LogP contribution in [0.25, 0.3) is 11.0 Å². The number of hydrogen-bond donors (Lipinski definition) is 0. The highest BCUT2D eigenvalue weighted by Gasteiger charge is 2.06. The number of benzene rings is 2. The van der Waals surface area contributed by atoms with E-state index in [0.717, 1.165) is 27.0 Å². The summed E-state index contributed by atoms with van der Waals surface area (Å²) in [6.45, 7) is 0.436. The molecule has 1 heterocycles. The van der Waals surface area contributed by atoms with Crippen molar-refractivity contribution in [2.24, 2.45) is 0 Å². The molecule has 1 aromatic heterocycles. The fourth-order valence-corrected chi connectivity index (χ4v) is 2.28. The van der Waals surface area contributed by atoms with E-state index >= 15 is 0 Å². The van der Waals surface area contributed by atoms with Gasteiger partial charge in [-0.1, -0.05) is 40.2 Å². The Morgan fingerprint density at radius 1 is 1.00 bits per heavy atom. The van der Waals surface area contributed by atoms with Gasteiger partial charge in [0.1, 0.15) is 23.7 Å². The Kier molecular flexibility index (Phi) is 3.07. The van der Waals surface area contributed by atoms with E-state index in [1.807, 2.05) is 54.6 Å². The van der Waals surface area contributed by atoms with Gasteiger partial charge in [0, 0.05) is 9.86 Å². The van der Waals surface area contributed by atoms with Gasteiger partial charge in [-0.05, 0) is 30.3 Å². The highest BCUT2D eigenvalue weighted by Crippen LogP contribution is 2.27. The standard InChI is InChI=1S/C15H11BrO2/c16-14-7-4-8-15-13(14)9-12(18-15)10-17-11-5-2-1-3-6-11/h1-9H,10H2. The van der Waals surface area contributed by atoms with Crippen molar-refractivity contribution in [3.8, 4) is 5.75 Å². The van der Waals surface area contributed by atoms with Crippen molar-refractivity contribution in [1.82, 2.24) is 0 Å². The van der Waals surface area contributed by atoms with Crippen LogP contribution in [0.5, 0.6) is 5.75 Å². The highest BCUT2D eigenvalue weighted by molar-refractivity contribution is 9.10. The molecule has 0 fully saturated rings. The van der Waals surface area contributed by atoms with E-state index in [9.17, 15) is 0 Å². The van der Waals surface area contributed by atoms with Crippen molar-refractivity contribution in [2.45, 2.75) is 6.61 Å². The number of para-hydroxylation sites is 1. The lowest BCUT2D eigenvalue weighted by molar-refractivity contribution is 0.274. The lowest BCUT2D eigenvalue weighted by Crippen LogP contribution is -1.92. The van der Waals surface area contributed by atoms with E-state index in [4.69, 9.17) is 9.15 Å². The number of ether oxygens (including phenoxy) is 1. The molecule has 0 saturated heterocycles.